The molecule has 0 aliphatic heterocycles. The van der Waals surface area contributed by atoms with Gasteiger partial charge in [-0.2, -0.15) is 0 Å². The third kappa shape index (κ3) is 4.34. The monoisotopic (exact) mass is 314 g/mol. The zero-order valence-electron chi connectivity index (χ0n) is 12.2. The Balaban J connectivity index is 1.94. The summed E-state index contributed by atoms with van der Waals surface area (Å²) < 4.78 is 5.00. The molecule has 1 atom stereocenters. The summed E-state index contributed by atoms with van der Waals surface area (Å²) in [7, 11) is 0. The van der Waals surface area contributed by atoms with E-state index in [-0.39, 0.29) is 5.69 Å². The van der Waals surface area contributed by atoms with Crippen LogP contribution in [-0.2, 0) is 9.53 Å². The Bertz CT molecular complexity index is 716. The van der Waals surface area contributed by atoms with Crippen molar-refractivity contribution < 1.29 is 19.1 Å². The van der Waals surface area contributed by atoms with Gasteiger partial charge in [-0.05, 0) is 31.2 Å². The van der Waals surface area contributed by atoms with Crippen molar-refractivity contribution >= 4 is 23.5 Å². The molecule has 0 fully saturated rings. The number of carbonyl (C=O) groups excluding carboxylic acids is 3. The fourth-order valence-electron chi connectivity index (χ4n) is 1.64. The summed E-state index contributed by atoms with van der Waals surface area (Å²) in [4.78, 5) is 42.3. The molecule has 1 unspecified atom stereocenters. The minimum atomic E-state index is -1.03. The Morgan fingerprint density at radius 3 is 2.43 bits per heavy atom. The van der Waals surface area contributed by atoms with E-state index < -0.39 is 23.9 Å². The van der Waals surface area contributed by atoms with Crippen LogP contribution in [0.25, 0.3) is 0 Å². The van der Waals surface area contributed by atoms with E-state index in [9.17, 15) is 14.4 Å². The molecule has 118 valence electrons. The van der Waals surface area contributed by atoms with E-state index in [2.05, 4.69) is 15.3 Å². The average molecular weight is 314 g/mol. The molecule has 2 amide bonds. The number of amides is 2. The number of anilines is 1. The van der Waals surface area contributed by atoms with Crippen molar-refractivity contribution in [1.82, 2.24) is 9.97 Å². The van der Waals surface area contributed by atoms with Gasteiger partial charge in [0.15, 0.2) is 11.8 Å². The molecule has 0 aliphatic carbocycles. The first-order valence-corrected chi connectivity index (χ1v) is 6.65. The smallest absolute Gasteiger partial charge is 0.359 e. The zero-order valence-corrected chi connectivity index (χ0v) is 12.2. The molecule has 0 radical (unpaired) electrons. The first-order valence-electron chi connectivity index (χ1n) is 6.65. The summed E-state index contributed by atoms with van der Waals surface area (Å²) in [5, 5.41) is 2.56. The molecule has 23 heavy (non-hydrogen) atoms. The number of benzene rings is 1. The van der Waals surface area contributed by atoms with Gasteiger partial charge in [0.1, 0.15) is 0 Å². The molecule has 0 saturated carbocycles. The molecule has 2 rings (SSSR count). The molecule has 0 bridgehead atoms. The molecule has 1 aromatic heterocycles. The summed E-state index contributed by atoms with van der Waals surface area (Å²) in [6.07, 6.45) is 2.99. The van der Waals surface area contributed by atoms with Crippen LogP contribution in [0.3, 0.4) is 0 Å². The van der Waals surface area contributed by atoms with Gasteiger partial charge >= 0.3 is 5.97 Å². The molecule has 1 heterocycles. The largest absolute Gasteiger partial charge is 0.448 e. The molecule has 0 spiro atoms. The van der Waals surface area contributed by atoms with Crippen LogP contribution >= 0.6 is 0 Å². The predicted octanol–water partition coefficient (Wildman–Crippen LogP) is 0.759. The number of hydrogen-bond acceptors (Lipinski definition) is 6. The predicted molar refractivity (Wildman–Crippen MR) is 80.5 cm³/mol. The van der Waals surface area contributed by atoms with Crippen LogP contribution in [0.2, 0.25) is 0 Å². The summed E-state index contributed by atoms with van der Waals surface area (Å²) in [6, 6.07) is 6.01. The highest BCUT2D eigenvalue weighted by Crippen LogP contribution is 2.10. The minimum Gasteiger partial charge on any atom is -0.448 e. The van der Waals surface area contributed by atoms with E-state index in [1.54, 1.807) is 0 Å². The highest BCUT2D eigenvalue weighted by molar-refractivity contribution is 5.97. The van der Waals surface area contributed by atoms with Gasteiger partial charge < -0.3 is 15.8 Å². The topological polar surface area (TPSA) is 124 Å². The highest BCUT2D eigenvalue weighted by atomic mass is 16.5. The van der Waals surface area contributed by atoms with Gasteiger partial charge in [0.25, 0.3) is 5.91 Å². The van der Waals surface area contributed by atoms with Crippen LogP contribution in [0.5, 0.6) is 0 Å². The van der Waals surface area contributed by atoms with E-state index in [1.807, 2.05) is 0 Å². The first-order chi connectivity index (χ1) is 11.0. The van der Waals surface area contributed by atoms with Crippen LogP contribution in [0.4, 0.5) is 5.69 Å². The quantitative estimate of drug-likeness (QED) is 0.785. The number of nitrogens with two attached hydrogens (primary N) is 1. The maximum Gasteiger partial charge on any atom is 0.359 e. The summed E-state index contributed by atoms with van der Waals surface area (Å²) in [5.74, 6) is -1.83. The minimum absolute atomic E-state index is 0.0120. The number of carbonyl (C=O) groups is 3. The van der Waals surface area contributed by atoms with Crippen LogP contribution in [0.1, 0.15) is 27.8 Å². The molecule has 3 N–H and O–H groups in total. The van der Waals surface area contributed by atoms with Crippen molar-refractivity contribution in [3.05, 3.63) is 54.1 Å². The fraction of sp³-hybridized carbons (Fsp3) is 0.133. The molecule has 8 nitrogen and oxygen atoms in total. The normalized spacial score (nSPS) is 11.3. The van der Waals surface area contributed by atoms with Crippen LogP contribution < -0.4 is 11.1 Å². The molecule has 0 aliphatic rings. The van der Waals surface area contributed by atoms with E-state index in [0.717, 1.165) is 0 Å². The number of aromatic nitrogens is 2. The Labute approximate surface area is 131 Å². The van der Waals surface area contributed by atoms with E-state index in [1.165, 1.54) is 49.8 Å². The van der Waals surface area contributed by atoms with Gasteiger partial charge in [-0.1, -0.05) is 0 Å². The fourth-order valence-corrected chi connectivity index (χ4v) is 1.64. The second kappa shape index (κ2) is 7.12. The number of nitrogens with zero attached hydrogens (tertiary/aromatic N) is 2. The Kier molecular flexibility index (Phi) is 4.98. The van der Waals surface area contributed by atoms with Gasteiger partial charge in [0.2, 0.25) is 5.91 Å². The van der Waals surface area contributed by atoms with E-state index >= 15 is 0 Å². The SMILES string of the molecule is CC(OC(=O)c1cnccn1)C(=O)Nc1ccc(C(N)=O)cc1. The lowest BCUT2D eigenvalue weighted by Crippen LogP contribution is -2.30. The number of primary amides is 1. The molecular weight excluding hydrogens is 300 g/mol. The molecule has 2 aromatic rings. The highest BCUT2D eigenvalue weighted by Gasteiger charge is 2.19. The summed E-state index contributed by atoms with van der Waals surface area (Å²) in [5.41, 5.74) is 5.91. The second-order valence-corrected chi connectivity index (χ2v) is 4.57. The van der Waals surface area contributed by atoms with Crippen molar-refractivity contribution in [2.24, 2.45) is 5.73 Å². The summed E-state index contributed by atoms with van der Waals surface area (Å²) >= 11 is 0. The Hall–Kier alpha value is -3.29. The van der Waals surface area contributed by atoms with Crippen molar-refractivity contribution in [2.45, 2.75) is 13.0 Å². The van der Waals surface area contributed by atoms with E-state index in [0.29, 0.717) is 11.3 Å². The van der Waals surface area contributed by atoms with Crippen LogP contribution in [-0.4, -0.2) is 33.9 Å². The Morgan fingerprint density at radius 1 is 1.17 bits per heavy atom. The average Bonchev–Trinajstić information content (AvgIpc) is 2.56. The van der Waals surface area contributed by atoms with Crippen LogP contribution in [0, 0.1) is 0 Å². The zero-order chi connectivity index (χ0) is 16.8. The van der Waals surface area contributed by atoms with Crippen molar-refractivity contribution in [3.8, 4) is 0 Å². The molecular formula is C15H14N4O4. The van der Waals surface area contributed by atoms with Gasteiger partial charge in [-0.25, -0.2) is 9.78 Å². The van der Waals surface area contributed by atoms with Gasteiger partial charge in [-0.15, -0.1) is 0 Å². The lowest BCUT2D eigenvalue weighted by molar-refractivity contribution is -0.123. The third-order valence-electron chi connectivity index (χ3n) is 2.86. The lowest BCUT2D eigenvalue weighted by Gasteiger charge is -2.13. The maximum atomic E-state index is 12.0. The number of rotatable bonds is 5. The second-order valence-electron chi connectivity index (χ2n) is 4.57. The van der Waals surface area contributed by atoms with Gasteiger partial charge in [0, 0.05) is 23.6 Å². The number of hydrogen-bond donors (Lipinski definition) is 2. The summed E-state index contributed by atoms with van der Waals surface area (Å²) in [6.45, 7) is 1.43. The molecule has 8 heteroatoms. The standard InChI is InChI=1S/C15H14N4O4/c1-9(23-15(22)12-8-17-6-7-18-12)14(21)19-11-4-2-10(3-5-11)13(16)20/h2-9H,1H3,(H2,16,20)(H,19,21). The lowest BCUT2D eigenvalue weighted by atomic mass is 10.2. The maximum absolute atomic E-state index is 12.0. The number of esters is 1. The van der Waals surface area contributed by atoms with Gasteiger partial charge in [0.05, 0.1) is 6.20 Å². The van der Waals surface area contributed by atoms with Gasteiger partial charge in [-0.3, -0.25) is 14.6 Å². The molecule has 0 saturated heterocycles. The first kappa shape index (κ1) is 16.1. The van der Waals surface area contributed by atoms with Crippen LogP contribution in [0.15, 0.2) is 42.9 Å². The van der Waals surface area contributed by atoms with Crippen molar-refractivity contribution in [3.63, 3.8) is 0 Å². The third-order valence-corrected chi connectivity index (χ3v) is 2.86. The number of ether oxygens (including phenoxy) is 1. The van der Waals surface area contributed by atoms with Crippen molar-refractivity contribution in [2.75, 3.05) is 5.32 Å². The van der Waals surface area contributed by atoms with Crippen molar-refractivity contribution in [1.29, 1.82) is 0 Å². The Morgan fingerprint density at radius 2 is 1.87 bits per heavy atom. The van der Waals surface area contributed by atoms with E-state index in [4.69, 9.17) is 10.5 Å². The number of nitrogens with one attached hydrogen (secondary N) is 1. The molecule has 1 aromatic carbocycles.